The summed E-state index contributed by atoms with van der Waals surface area (Å²) in [7, 11) is 0. The molecule has 0 aromatic rings. The molecule has 0 saturated heterocycles. The summed E-state index contributed by atoms with van der Waals surface area (Å²) in [5, 5.41) is 0.629. The first-order valence-corrected chi connectivity index (χ1v) is 3.95. The Morgan fingerprint density at radius 3 is 2.27 bits per heavy atom. The van der Waals surface area contributed by atoms with Crippen LogP contribution in [0.5, 0.6) is 0 Å². The summed E-state index contributed by atoms with van der Waals surface area (Å²) in [5.74, 6) is 0.377. The molecular formula is C9H13ClO. The van der Waals surface area contributed by atoms with E-state index in [2.05, 4.69) is 0 Å². The van der Waals surface area contributed by atoms with E-state index in [1.165, 1.54) is 0 Å². The van der Waals surface area contributed by atoms with E-state index < -0.39 is 0 Å². The third kappa shape index (κ3) is 5.86. The van der Waals surface area contributed by atoms with Gasteiger partial charge in [0.25, 0.3) is 0 Å². The van der Waals surface area contributed by atoms with Gasteiger partial charge in [0.1, 0.15) is 6.29 Å². The Labute approximate surface area is 72.7 Å². The van der Waals surface area contributed by atoms with Gasteiger partial charge >= 0.3 is 0 Å². The van der Waals surface area contributed by atoms with Crippen LogP contribution >= 0.6 is 11.6 Å². The summed E-state index contributed by atoms with van der Waals surface area (Å²) in [6.07, 6.45) is 4.35. The van der Waals surface area contributed by atoms with Gasteiger partial charge in [-0.1, -0.05) is 31.5 Å². The van der Waals surface area contributed by atoms with Gasteiger partial charge in [-0.15, -0.1) is 0 Å². The molecule has 0 aliphatic rings. The number of hydrogen-bond donors (Lipinski definition) is 0. The molecule has 0 amide bonds. The molecule has 0 radical (unpaired) electrons. The smallest absolute Gasteiger partial charge is 0.149 e. The van der Waals surface area contributed by atoms with Gasteiger partial charge in [-0.25, -0.2) is 0 Å². The van der Waals surface area contributed by atoms with Crippen molar-refractivity contribution in [2.75, 3.05) is 0 Å². The fraction of sp³-hybridized carbons (Fsp3) is 0.444. The minimum atomic E-state index is 0.377. The molecule has 0 saturated carbocycles. The molecule has 0 aromatic heterocycles. The molecule has 0 aliphatic carbocycles. The first-order valence-electron chi connectivity index (χ1n) is 3.57. The molecule has 0 unspecified atom stereocenters. The monoisotopic (exact) mass is 172 g/mol. The Morgan fingerprint density at radius 1 is 1.45 bits per heavy atom. The van der Waals surface area contributed by atoms with E-state index in [1.54, 1.807) is 13.0 Å². The zero-order chi connectivity index (χ0) is 8.85. The molecule has 1 nitrogen and oxygen atoms in total. The van der Waals surface area contributed by atoms with Crippen LogP contribution in [0.15, 0.2) is 22.8 Å². The third-order valence-corrected chi connectivity index (χ3v) is 1.14. The largest absolute Gasteiger partial charge is 0.298 e. The number of halogens is 1. The highest BCUT2D eigenvalue weighted by molar-refractivity contribution is 6.29. The van der Waals surface area contributed by atoms with Crippen LogP contribution in [0.2, 0.25) is 0 Å². The SMILES string of the molecule is C/C(Cl)=C/C(C=O)=C\C(C)C. The first-order chi connectivity index (χ1) is 5.06. The van der Waals surface area contributed by atoms with Crippen molar-refractivity contribution in [1.82, 2.24) is 0 Å². The number of carbonyl (C=O) groups excluding carboxylic acids is 1. The van der Waals surface area contributed by atoms with Gasteiger partial charge in [-0.05, 0) is 18.9 Å². The average Bonchev–Trinajstić information content (AvgIpc) is 1.84. The van der Waals surface area contributed by atoms with Gasteiger partial charge in [0.05, 0.1) is 0 Å². The van der Waals surface area contributed by atoms with E-state index in [4.69, 9.17) is 11.6 Å². The Bertz CT molecular complexity index is 186. The standard InChI is InChI=1S/C9H13ClO/c1-7(2)4-9(6-11)5-8(3)10/h4-7H,1-3H3/b8-5-,9-4+. The molecule has 0 bridgehead atoms. The normalized spacial score (nSPS) is 13.9. The number of allylic oxidation sites excluding steroid dienone is 4. The van der Waals surface area contributed by atoms with Gasteiger partial charge < -0.3 is 0 Å². The van der Waals surface area contributed by atoms with E-state index in [0.29, 0.717) is 16.5 Å². The molecule has 0 spiro atoms. The van der Waals surface area contributed by atoms with Crippen LogP contribution in [0, 0.1) is 5.92 Å². The second kappa shape index (κ2) is 5.14. The molecule has 0 rings (SSSR count). The third-order valence-electron chi connectivity index (χ3n) is 1.03. The number of aldehydes is 1. The van der Waals surface area contributed by atoms with E-state index in [9.17, 15) is 4.79 Å². The molecule has 0 aromatic carbocycles. The highest BCUT2D eigenvalue weighted by atomic mass is 35.5. The maximum Gasteiger partial charge on any atom is 0.149 e. The van der Waals surface area contributed by atoms with Crippen molar-refractivity contribution in [3.63, 3.8) is 0 Å². The number of rotatable bonds is 3. The Balaban J connectivity index is 4.41. The predicted molar refractivity (Wildman–Crippen MR) is 48.6 cm³/mol. The van der Waals surface area contributed by atoms with Crippen molar-refractivity contribution >= 4 is 17.9 Å². The second-order valence-electron chi connectivity index (χ2n) is 2.76. The molecule has 2 heteroatoms. The molecule has 11 heavy (non-hydrogen) atoms. The van der Waals surface area contributed by atoms with Crippen molar-refractivity contribution in [3.05, 3.63) is 22.8 Å². The first kappa shape index (κ1) is 10.4. The number of hydrogen-bond acceptors (Lipinski definition) is 1. The van der Waals surface area contributed by atoms with Crippen molar-refractivity contribution in [2.45, 2.75) is 20.8 Å². The lowest BCUT2D eigenvalue weighted by Crippen LogP contribution is -1.85. The molecule has 0 N–H and O–H groups in total. The highest BCUT2D eigenvalue weighted by Gasteiger charge is 1.92. The summed E-state index contributed by atoms with van der Waals surface area (Å²) in [6.45, 7) is 5.78. The fourth-order valence-electron chi connectivity index (χ4n) is 0.736. The molecule has 0 atom stereocenters. The predicted octanol–water partition coefficient (Wildman–Crippen LogP) is 2.91. The average molecular weight is 173 g/mol. The van der Waals surface area contributed by atoms with Gasteiger partial charge in [0.15, 0.2) is 0 Å². The lowest BCUT2D eigenvalue weighted by Gasteiger charge is -1.95. The van der Waals surface area contributed by atoms with Crippen LogP contribution < -0.4 is 0 Å². The van der Waals surface area contributed by atoms with Gasteiger partial charge in [0, 0.05) is 10.6 Å². The summed E-state index contributed by atoms with van der Waals surface area (Å²) in [6, 6.07) is 0. The van der Waals surface area contributed by atoms with Gasteiger partial charge in [-0.3, -0.25) is 4.79 Å². The quantitative estimate of drug-likeness (QED) is 0.364. The van der Waals surface area contributed by atoms with Crippen LogP contribution in [0.1, 0.15) is 20.8 Å². The summed E-state index contributed by atoms with van der Waals surface area (Å²) in [5.41, 5.74) is 0.646. The zero-order valence-corrected chi connectivity index (χ0v) is 7.85. The highest BCUT2D eigenvalue weighted by Crippen LogP contribution is 2.06. The topological polar surface area (TPSA) is 17.1 Å². The van der Waals surface area contributed by atoms with Crippen molar-refractivity contribution in [1.29, 1.82) is 0 Å². The Morgan fingerprint density at radius 2 is 2.00 bits per heavy atom. The van der Waals surface area contributed by atoms with Gasteiger partial charge in [0.2, 0.25) is 0 Å². The van der Waals surface area contributed by atoms with Crippen molar-refractivity contribution < 1.29 is 4.79 Å². The van der Waals surface area contributed by atoms with Crippen LogP contribution in [0.3, 0.4) is 0 Å². The van der Waals surface area contributed by atoms with E-state index in [-0.39, 0.29) is 0 Å². The van der Waals surface area contributed by atoms with Crippen LogP contribution in [0.25, 0.3) is 0 Å². The second-order valence-corrected chi connectivity index (χ2v) is 3.36. The van der Waals surface area contributed by atoms with E-state index in [1.807, 2.05) is 19.9 Å². The van der Waals surface area contributed by atoms with E-state index >= 15 is 0 Å². The Hall–Kier alpha value is -0.560. The minimum Gasteiger partial charge on any atom is -0.298 e. The fourth-order valence-corrected chi connectivity index (χ4v) is 0.862. The molecule has 62 valence electrons. The minimum absolute atomic E-state index is 0.377. The number of carbonyl (C=O) groups is 1. The summed E-state index contributed by atoms with van der Waals surface area (Å²) in [4.78, 5) is 10.4. The van der Waals surface area contributed by atoms with Gasteiger partial charge in [-0.2, -0.15) is 0 Å². The van der Waals surface area contributed by atoms with Crippen LogP contribution in [0.4, 0.5) is 0 Å². The maximum absolute atomic E-state index is 10.4. The Kier molecular flexibility index (Phi) is 4.88. The summed E-state index contributed by atoms with van der Waals surface area (Å²) < 4.78 is 0. The van der Waals surface area contributed by atoms with Crippen LogP contribution in [-0.4, -0.2) is 6.29 Å². The molecule has 0 aliphatic heterocycles. The van der Waals surface area contributed by atoms with Crippen molar-refractivity contribution in [3.8, 4) is 0 Å². The zero-order valence-electron chi connectivity index (χ0n) is 7.10. The van der Waals surface area contributed by atoms with Crippen molar-refractivity contribution in [2.24, 2.45) is 5.92 Å². The molecular weight excluding hydrogens is 160 g/mol. The summed E-state index contributed by atoms with van der Waals surface area (Å²) >= 11 is 5.60. The molecule has 0 heterocycles. The maximum atomic E-state index is 10.4. The molecule has 0 fully saturated rings. The lowest BCUT2D eigenvalue weighted by atomic mass is 10.1. The lowest BCUT2D eigenvalue weighted by molar-refractivity contribution is -0.104. The van der Waals surface area contributed by atoms with E-state index in [0.717, 1.165) is 6.29 Å². The van der Waals surface area contributed by atoms with Crippen LogP contribution in [-0.2, 0) is 4.79 Å².